The van der Waals surface area contributed by atoms with Gasteiger partial charge in [0.15, 0.2) is 5.78 Å². The predicted molar refractivity (Wildman–Crippen MR) is 70.5 cm³/mol. The molecular formula is C12H16N4O3. The summed E-state index contributed by atoms with van der Waals surface area (Å²) in [4.78, 5) is 13.7. The molecule has 0 aliphatic heterocycles. The van der Waals surface area contributed by atoms with Crippen molar-refractivity contribution in [1.29, 1.82) is 0 Å². The van der Waals surface area contributed by atoms with Crippen LogP contribution >= 0.6 is 0 Å². The summed E-state index contributed by atoms with van der Waals surface area (Å²) < 4.78 is 0. The summed E-state index contributed by atoms with van der Waals surface area (Å²) in [5.41, 5.74) is 14.9. The minimum absolute atomic E-state index is 0.0835. The molecule has 0 amide bonds. The number of aliphatic hydroxyl groups excluding tert-OH is 2. The highest BCUT2D eigenvalue weighted by Crippen LogP contribution is 2.25. The van der Waals surface area contributed by atoms with Crippen LogP contribution < -0.4 is 5.73 Å². The number of nitrogens with zero attached hydrogens (tertiary/aromatic N) is 3. The quantitative estimate of drug-likeness (QED) is 0.236. The van der Waals surface area contributed by atoms with Crippen molar-refractivity contribution in [3.05, 3.63) is 39.8 Å². The van der Waals surface area contributed by atoms with Gasteiger partial charge in [-0.05, 0) is 24.9 Å². The molecule has 0 bridgehead atoms. The van der Waals surface area contributed by atoms with Crippen molar-refractivity contribution in [3.8, 4) is 0 Å². The van der Waals surface area contributed by atoms with Crippen LogP contribution in [0.4, 0.5) is 5.69 Å². The zero-order valence-electron chi connectivity index (χ0n) is 10.5. The lowest BCUT2D eigenvalue weighted by molar-refractivity contribution is 0.0154. The highest BCUT2D eigenvalue weighted by Gasteiger charge is 2.20. The zero-order valence-corrected chi connectivity index (χ0v) is 10.5. The zero-order chi connectivity index (χ0) is 14.4. The van der Waals surface area contributed by atoms with Crippen LogP contribution in [0.2, 0.25) is 0 Å². The lowest BCUT2D eigenvalue weighted by atomic mass is 9.98. The number of Topliss-reactive ketones (excluding diaryl/α,β-unsaturated/α-hetero) is 1. The predicted octanol–water partition coefficient (Wildman–Crippen LogP) is 1.57. The summed E-state index contributed by atoms with van der Waals surface area (Å²) in [5, 5.41) is 23.0. The number of carbonyl (C=O) groups is 1. The molecule has 4 N–H and O–H groups in total. The van der Waals surface area contributed by atoms with E-state index in [1.165, 1.54) is 25.1 Å². The molecule has 2 unspecified atom stereocenters. The Labute approximate surface area is 110 Å². The molecule has 0 fully saturated rings. The maximum atomic E-state index is 11.2. The van der Waals surface area contributed by atoms with E-state index in [0.29, 0.717) is 11.1 Å². The van der Waals surface area contributed by atoms with Gasteiger partial charge in [-0.25, -0.2) is 0 Å². The first kappa shape index (κ1) is 15.0. The minimum Gasteiger partial charge on any atom is -0.398 e. The van der Waals surface area contributed by atoms with Crippen molar-refractivity contribution in [2.75, 3.05) is 12.3 Å². The topological polar surface area (TPSA) is 132 Å². The molecule has 7 heteroatoms. The number of ketones is 1. The second-order valence-electron chi connectivity index (χ2n) is 4.16. The summed E-state index contributed by atoms with van der Waals surface area (Å²) in [5.74, 6) is -0.128. The molecular weight excluding hydrogens is 248 g/mol. The average molecular weight is 264 g/mol. The van der Waals surface area contributed by atoms with Gasteiger partial charge in [-0.3, -0.25) is 4.79 Å². The van der Waals surface area contributed by atoms with Crippen LogP contribution in [0.25, 0.3) is 10.4 Å². The summed E-state index contributed by atoms with van der Waals surface area (Å²) in [6.45, 7) is 1.50. The number of carbonyl (C=O) groups excluding carboxylic acids is 1. The standard InChI is InChI=1S/C12H16N4O3/c1-7(17)8-2-3-9(10(13)6-8)12(19)11(18)4-5-15-16-14/h2-3,6,11-12,18-19H,4-5,13H2,1H3. The van der Waals surface area contributed by atoms with Crippen molar-refractivity contribution in [3.63, 3.8) is 0 Å². The molecule has 0 saturated heterocycles. The molecule has 0 aliphatic carbocycles. The van der Waals surface area contributed by atoms with Crippen LogP contribution in [-0.2, 0) is 0 Å². The van der Waals surface area contributed by atoms with Crippen molar-refractivity contribution < 1.29 is 15.0 Å². The Morgan fingerprint density at radius 1 is 1.53 bits per heavy atom. The number of benzene rings is 1. The van der Waals surface area contributed by atoms with Gasteiger partial charge < -0.3 is 15.9 Å². The van der Waals surface area contributed by atoms with E-state index in [9.17, 15) is 15.0 Å². The van der Waals surface area contributed by atoms with Gasteiger partial charge in [-0.1, -0.05) is 17.2 Å². The lowest BCUT2D eigenvalue weighted by Crippen LogP contribution is -2.20. The molecule has 0 aliphatic rings. The number of hydrogen-bond donors (Lipinski definition) is 3. The average Bonchev–Trinajstić information content (AvgIpc) is 2.37. The van der Waals surface area contributed by atoms with Crippen LogP contribution in [0.15, 0.2) is 23.3 Å². The third-order valence-electron chi connectivity index (χ3n) is 2.76. The van der Waals surface area contributed by atoms with Crippen LogP contribution in [0.3, 0.4) is 0 Å². The molecule has 1 aromatic carbocycles. The Morgan fingerprint density at radius 2 is 2.21 bits per heavy atom. The number of nitrogens with two attached hydrogens (primary N) is 1. The third kappa shape index (κ3) is 3.96. The molecule has 2 atom stereocenters. The maximum absolute atomic E-state index is 11.2. The SMILES string of the molecule is CC(=O)c1ccc(C(O)C(O)CCN=[N+]=[N-])c(N)c1. The first-order chi connectivity index (χ1) is 8.97. The summed E-state index contributed by atoms with van der Waals surface area (Å²) >= 11 is 0. The van der Waals surface area contributed by atoms with E-state index >= 15 is 0 Å². The fourth-order valence-electron chi connectivity index (χ4n) is 1.66. The van der Waals surface area contributed by atoms with Gasteiger partial charge in [0.2, 0.25) is 0 Å². The van der Waals surface area contributed by atoms with Gasteiger partial charge in [0.1, 0.15) is 6.10 Å². The maximum Gasteiger partial charge on any atom is 0.159 e. The van der Waals surface area contributed by atoms with E-state index in [-0.39, 0.29) is 24.4 Å². The van der Waals surface area contributed by atoms with E-state index in [1.54, 1.807) is 0 Å². The van der Waals surface area contributed by atoms with Gasteiger partial charge in [-0.2, -0.15) is 0 Å². The monoisotopic (exact) mass is 264 g/mol. The Bertz CT molecular complexity index is 512. The summed E-state index contributed by atoms with van der Waals surface area (Å²) in [7, 11) is 0. The van der Waals surface area contributed by atoms with Gasteiger partial charge in [0, 0.05) is 28.3 Å². The van der Waals surface area contributed by atoms with Gasteiger partial charge in [0.25, 0.3) is 0 Å². The molecule has 1 aromatic rings. The number of rotatable bonds is 6. The van der Waals surface area contributed by atoms with E-state index in [4.69, 9.17) is 11.3 Å². The van der Waals surface area contributed by atoms with E-state index in [0.717, 1.165) is 0 Å². The molecule has 0 saturated carbocycles. The number of hydrogen-bond acceptors (Lipinski definition) is 5. The first-order valence-electron chi connectivity index (χ1n) is 5.74. The van der Waals surface area contributed by atoms with Crippen molar-refractivity contribution in [1.82, 2.24) is 0 Å². The Balaban J connectivity index is 2.84. The van der Waals surface area contributed by atoms with Crippen LogP contribution in [0, 0.1) is 0 Å². The van der Waals surface area contributed by atoms with Crippen molar-refractivity contribution in [2.45, 2.75) is 25.6 Å². The third-order valence-corrected chi connectivity index (χ3v) is 2.76. The summed E-state index contributed by atoms with van der Waals surface area (Å²) in [6.07, 6.45) is -2.15. The number of azide groups is 1. The van der Waals surface area contributed by atoms with E-state index < -0.39 is 12.2 Å². The largest absolute Gasteiger partial charge is 0.398 e. The van der Waals surface area contributed by atoms with Crippen molar-refractivity contribution in [2.24, 2.45) is 5.11 Å². The molecule has 19 heavy (non-hydrogen) atoms. The van der Waals surface area contributed by atoms with E-state index in [1.807, 2.05) is 0 Å². The Morgan fingerprint density at radius 3 is 2.74 bits per heavy atom. The number of anilines is 1. The highest BCUT2D eigenvalue weighted by molar-refractivity contribution is 5.95. The van der Waals surface area contributed by atoms with Gasteiger partial charge in [-0.15, -0.1) is 0 Å². The van der Waals surface area contributed by atoms with Crippen LogP contribution in [0.5, 0.6) is 0 Å². The van der Waals surface area contributed by atoms with E-state index in [2.05, 4.69) is 10.0 Å². The fourth-order valence-corrected chi connectivity index (χ4v) is 1.66. The second-order valence-corrected chi connectivity index (χ2v) is 4.16. The summed E-state index contributed by atoms with van der Waals surface area (Å²) in [6, 6.07) is 4.51. The normalized spacial score (nSPS) is 13.4. The molecule has 0 spiro atoms. The fraction of sp³-hybridized carbons (Fsp3) is 0.417. The van der Waals surface area contributed by atoms with Gasteiger partial charge >= 0.3 is 0 Å². The molecule has 0 aromatic heterocycles. The van der Waals surface area contributed by atoms with Crippen LogP contribution in [0.1, 0.15) is 35.4 Å². The molecule has 7 nitrogen and oxygen atoms in total. The Hall–Kier alpha value is -2.08. The molecule has 102 valence electrons. The Kier molecular flexibility index (Phi) is 5.32. The number of nitrogen functional groups attached to an aromatic ring is 1. The number of aliphatic hydroxyl groups is 2. The van der Waals surface area contributed by atoms with Crippen LogP contribution in [-0.4, -0.2) is 28.6 Å². The second kappa shape index (κ2) is 6.75. The minimum atomic E-state index is -1.19. The molecule has 0 radical (unpaired) electrons. The first-order valence-corrected chi connectivity index (χ1v) is 5.74. The highest BCUT2D eigenvalue weighted by atomic mass is 16.3. The molecule has 1 rings (SSSR count). The van der Waals surface area contributed by atoms with Crippen molar-refractivity contribution >= 4 is 11.5 Å². The lowest BCUT2D eigenvalue weighted by Gasteiger charge is -2.19. The smallest absolute Gasteiger partial charge is 0.159 e. The molecule has 0 heterocycles. The van der Waals surface area contributed by atoms with Gasteiger partial charge in [0.05, 0.1) is 6.10 Å².